The van der Waals surface area contributed by atoms with Crippen LogP contribution in [0.3, 0.4) is 0 Å². The molecular weight excluding hydrogens is 297 g/mol. The fraction of sp³-hybridized carbons (Fsp3) is 0.0833. The largest absolute Gasteiger partial charge is 0.436 e. The highest BCUT2D eigenvalue weighted by Gasteiger charge is 2.09. The minimum atomic E-state index is -0.779. The molecule has 1 aromatic heterocycles. The minimum absolute atomic E-state index is 0. The Bertz CT molecular complexity index is 541. The fourth-order valence-corrected chi connectivity index (χ4v) is 1.33. The Balaban J connectivity index is 0.00000162. The van der Waals surface area contributed by atoms with Gasteiger partial charge in [0.05, 0.1) is 0 Å². The fourth-order valence-electron chi connectivity index (χ4n) is 1.33. The van der Waals surface area contributed by atoms with Crippen LogP contribution in [0, 0.1) is 11.6 Å². The molecule has 0 radical (unpaired) electrons. The van der Waals surface area contributed by atoms with Gasteiger partial charge in [-0.15, -0.1) is 24.8 Å². The highest BCUT2D eigenvalue weighted by molar-refractivity contribution is 5.85. The van der Waals surface area contributed by atoms with Gasteiger partial charge >= 0.3 is 0 Å². The van der Waals surface area contributed by atoms with Crippen molar-refractivity contribution in [2.24, 2.45) is 5.73 Å². The third kappa shape index (κ3) is 4.31. The van der Waals surface area contributed by atoms with E-state index in [1.54, 1.807) is 12.1 Å². The number of nitrogens with two attached hydrogens (primary N) is 1. The van der Waals surface area contributed by atoms with Crippen LogP contribution in [0.2, 0.25) is 0 Å². The summed E-state index contributed by atoms with van der Waals surface area (Å²) in [5.41, 5.74) is 6.14. The number of aromatic nitrogens is 1. The SMILES string of the molecule is Cl.Cl.NCc1cccnc1Oc1ccc(F)cc1F. The molecule has 0 spiro atoms. The average Bonchev–Trinajstić information content (AvgIpc) is 2.33. The molecule has 2 rings (SSSR count). The van der Waals surface area contributed by atoms with E-state index in [0.29, 0.717) is 5.56 Å². The summed E-state index contributed by atoms with van der Waals surface area (Å²) in [6.07, 6.45) is 1.51. The Morgan fingerprint density at radius 2 is 1.89 bits per heavy atom. The van der Waals surface area contributed by atoms with E-state index in [-0.39, 0.29) is 43.0 Å². The standard InChI is InChI=1S/C12H10F2N2O.2ClH/c13-9-3-4-11(10(14)6-9)17-12-8(7-15)2-1-5-16-12;;/h1-6H,7,15H2;2*1H. The van der Waals surface area contributed by atoms with Crippen LogP contribution in [0.5, 0.6) is 11.6 Å². The highest BCUT2D eigenvalue weighted by atomic mass is 35.5. The normalized spacial score (nSPS) is 9.21. The van der Waals surface area contributed by atoms with Crippen LogP contribution in [-0.4, -0.2) is 4.98 Å². The van der Waals surface area contributed by atoms with E-state index in [4.69, 9.17) is 10.5 Å². The van der Waals surface area contributed by atoms with Gasteiger partial charge in [0.2, 0.25) is 5.88 Å². The van der Waals surface area contributed by atoms with E-state index in [1.807, 2.05) is 0 Å². The second kappa shape index (κ2) is 7.89. The van der Waals surface area contributed by atoms with Crippen molar-refractivity contribution >= 4 is 24.8 Å². The second-order valence-corrected chi connectivity index (χ2v) is 3.35. The van der Waals surface area contributed by atoms with Crippen LogP contribution >= 0.6 is 24.8 Å². The molecule has 0 saturated carbocycles. The summed E-state index contributed by atoms with van der Waals surface area (Å²) in [7, 11) is 0. The van der Waals surface area contributed by atoms with Crippen molar-refractivity contribution in [3.05, 3.63) is 53.7 Å². The van der Waals surface area contributed by atoms with E-state index in [2.05, 4.69) is 4.98 Å². The monoisotopic (exact) mass is 308 g/mol. The first-order valence-electron chi connectivity index (χ1n) is 4.97. The van der Waals surface area contributed by atoms with Gasteiger partial charge < -0.3 is 10.5 Å². The number of hydrogen-bond donors (Lipinski definition) is 1. The molecule has 0 fully saturated rings. The molecule has 104 valence electrons. The molecule has 0 bridgehead atoms. The third-order valence-electron chi connectivity index (χ3n) is 2.17. The lowest BCUT2D eigenvalue weighted by Gasteiger charge is -2.08. The van der Waals surface area contributed by atoms with Crippen LogP contribution in [-0.2, 0) is 6.54 Å². The van der Waals surface area contributed by atoms with Gasteiger partial charge in [-0.3, -0.25) is 0 Å². The van der Waals surface area contributed by atoms with Gasteiger partial charge in [0.15, 0.2) is 11.6 Å². The topological polar surface area (TPSA) is 48.1 Å². The van der Waals surface area contributed by atoms with Gasteiger partial charge in [-0.05, 0) is 18.2 Å². The van der Waals surface area contributed by atoms with Crippen molar-refractivity contribution in [3.63, 3.8) is 0 Å². The molecule has 0 aliphatic heterocycles. The van der Waals surface area contributed by atoms with Crippen LogP contribution in [0.1, 0.15) is 5.56 Å². The zero-order chi connectivity index (χ0) is 12.3. The molecule has 2 aromatic rings. The maximum atomic E-state index is 13.3. The second-order valence-electron chi connectivity index (χ2n) is 3.35. The Kier molecular flexibility index (Phi) is 7.29. The lowest BCUT2D eigenvalue weighted by Crippen LogP contribution is -2.01. The van der Waals surface area contributed by atoms with E-state index in [0.717, 1.165) is 12.1 Å². The predicted octanol–water partition coefficient (Wildman–Crippen LogP) is 3.45. The van der Waals surface area contributed by atoms with Crippen LogP contribution in [0.15, 0.2) is 36.5 Å². The molecule has 3 nitrogen and oxygen atoms in total. The predicted molar refractivity (Wildman–Crippen MR) is 73.1 cm³/mol. The lowest BCUT2D eigenvalue weighted by molar-refractivity contribution is 0.419. The summed E-state index contributed by atoms with van der Waals surface area (Å²) in [4.78, 5) is 3.95. The van der Waals surface area contributed by atoms with Crippen molar-refractivity contribution in [1.29, 1.82) is 0 Å². The van der Waals surface area contributed by atoms with Gasteiger partial charge in [0.1, 0.15) is 5.82 Å². The summed E-state index contributed by atoms with van der Waals surface area (Å²) in [6, 6.07) is 6.50. The number of hydrogen-bond acceptors (Lipinski definition) is 3. The quantitative estimate of drug-likeness (QED) is 0.944. The van der Waals surface area contributed by atoms with Crippen LogP contribution in [0.25, 0.3) is 0 Å². The first kappa shape index (κ1) is 17.6. The van der Waals surface area contributed by atoms with Crippen LogP contribution < -0.4 is 10.5 Å². The summed E-state index contributed by atoms with van der Waals surface area (Å²) < 4.78 is 31.3. The zero-order valence-electron chi connectivity index (χ0n) is 9.68. The molecule has 0 atom stereocenters. The summed E-state index contributed by atoms with van der Waals surface area (Å²) in [5, 5.41) is 0. The van der Waals surface area contributed by atoms with Crippen LogP contribution in [0.4, 0.5) is 8.78 Å². The zero-order valence-corrected chi connectivity index (χ0v) is 11.3. The van der Waals surface area contributed by atoms with Gasteiger partial charge in [-0.25, -0.2) is 13.8 Å². The molecule has 7 heteroatoms. The van der Waals surface area contributed by atoms with Gasteiger partial charge in [0.25, 0.3) is 0 Å². The molecule has 19 heavy (non-hydrogen) atoms. The maximum Gasteiger partial charge on any atom is 0.223 e. The molecular formula is C12H12Cl2F2N2O. The molecule has 0 saturated heterocycles. The highest BCUT2D eigenvalue weighted by Crippen LogP contribution is 2.25. The molecule has 0 aliphatic rings. The third-order valence-corrected chi connectivity index (χ3v) is 2.17. The maximum absolute atomic E-state index is 13.3. The van der Waals surface area contributed by atoms with E-state index in [9.17, 15) is 8.78 Å². The molecule has 1 aromatic carbocycles. The lowest BCUT2D eigenvalue weighted by atomic mass is 10.2. The van der Waals surface area contributed by atoms with Crippen molar-refractivity contribution < 1.29 is 13.5 Å². The molecule has 0 amide bonds. The van der Waals surface area contributed by atoms with Crippen molar-refractivity contribution in [1.82, 2.24) is 4.98 Å². The number of rotatable bonds is 3. The smallest absolute Gasteiger partial charge is 0.223 e. The van der Waals surface area contributed by atoms with Crippen molar-refractivity contribution in [2.45, 2.75) is 6.54 Å². The van der Waals surface area contributed by atoms with E-state index >= 15 is 0 Å². The first-order valence-corrected chi connectivity index (χ1v) is 4.97. The number of ether oxygens (including phenoxy) is 1. The van der Waals surface area contributed by atoms with Gasteiger partial charge in [-0.1, -0.05) is 6.07 Å². The molecule has 2 N–H and O–H groups in total. The van der Waals surface area contributed by atoms with Gasteiger partial charge in [0, 0.05) is 24.4 Å². The Morgan fingerprint density at radius 3 is 2.53 bits per heavy atom. The summed E-state index contributed by atoms with van der Waals surface area (Å²) in [5.74, 6) is -1.30. The number of pyridine rings is 1. The Hall–Kier alpha value is -1.43. The Morgan fingerprint density at radius 1 is 1.16 bits per heavy atom. The number of halogens is 4. The van der Waals surface area contributed by atoms with E-state index < -0.39 is 11.6 Å². The average molecular weight is 309 g/mol. The van der Waals surface area contributed by atoms with E-state index in [1.165, 1.54) is 12.3 Å². The summed E-state index contributed by atoms with van der Waals surface area (Å²) >= 11 is 0. The minimum Gasteiger partial charge on any atom is -0.436 e. The molecule has 0 aliphatic carbocycles. The number of benzene rings is 1. The van der Waals surface area contributed by atoms with Crippen molar-refractivity contribution in [3.8, 4) is 11.6 Å². The van der Waals surface area contributed by atoms with Crippen molar-refractivity contribution in [2.75, 3.05) is 0 Å². The Labute approximate surface area is 121 Å². The first-order chi connectivity index (χ1) is 8.20. The van der Waals surface area contributed by atoms with Gasteiger partial charge in [-0.2, -0.15) is 0 Å². The molecule has 0 unspecified atom stereocenters. The molecule has 1 heterocycles. The summed E-state index contributed by atoms with van der Waals surface area (Å²) in [6.45, 7) is 0.228. The number of nitrogens with zero attached hydrogens (tertiary/aromatic N) is 1.